The van der Waals surface area contributed by atoms with Gasteiger partial charge in [-0.3, -0.25) is 0 Å². The van der Waals surface area contributed by atoms with E-state index >= 15 is 0 Å². The zero-order chi connectivity index (χ0) is 12.7. The Labute approximate surface area is 102 Å². The summed E-state index contributed by atoms with van der Waals surface area (Å²) in [5, 5.41) is 0. The lowest BCUT2D eigenvalue weighted by Crippen LogP contribution is -1.99. The Morgan fingerprint density at radius 1 is 1.41 bits per heavy atom. The Balaban J connectivity index is 2.60. The summed E-state index contributed by atoms with van der Waals surface area (Å²) in [7, 11) is 1.65. The van der Waals surface area contributed by atoms with E-state index in [4.69, 9.17) is 9.47 Å². The highest BCUT2D eigenvalue weighted by atomic mass is 16.5. The number of aryl methyl sites for hydroxylation is 1. The van der Waals surface area contributed by atoms with Gasteiger partial charge >= 0.3 is 5.97 Å². The van der Waals surface area contributed by atoms with Gasteiger partial charge in [-0.25, -0.2) is 4.79 Å². The highest BCUT2D eigenvalue weighted by molar-refractivity contribution is 5.81. The molecular weight excluding hydrogens is 216 g/mol. The first-order chi connectivity index (χ1) is 8.17. The molecule has 0 saturated heterocycles. The third-order valence-corrected chi connectivity index (χ3v) is 2.37. The van der Waals surface area contributed by atoms with Gasteiger partial charge in [0, 0.05) is 6.08 Å². The van der Waals surface area contributed by atoms with Crippen molar-refractivity contribution in [1.29, 1.82) is 0 Å². The van der Waals surface area contributed by atoms with Crippen LogP contribution in [0.2, 0.25) is 0 Å². The fraction of sp³-hybridized carbons (Fsp3) is 0.357. The van der Waals surface area contributed by atoms with Gasteiger partial charge in [-0.2, -0.15) is 0 Å². The molecule has 17 heavy (non-hydrogen) atoms. The summed E-state index contributed by atoms with van der Waals surface area (Å²) in [6, 6.07) is 6.00. The highest BCUT2D eigenvalue weighted by Crippen LogP contribution is 2.19. The zero-order valence-electron chi connectivity index (χ0n) is 10.5. The van der Waals surface area contributed by atoms with Gasteiger partial charge in [0.15, 0.2) is 0 Å². The van der Waals surface area contributed by atoms with E-state index in [1.54, 1.807) is 20.1 Å². The summed E-state index contributed by atoms with van der Waals surface area (Å²) in [5.41, 5.74) is 2.21. The molecule has 0 aliphatic carbocycles. The number of esters is 1. The molecule has 0 unspecified atom stereocenters. The van der Waals surface area contributed by atoms with Crippen LogP contribution < -0.4 is 4.74 Å². The molecule has 1 rings (SSSR count). The Morgan fingerprint density at radius 2 is 2.18 bits per heavy atom. The second-order valence-corrected chi connectivity index (χ2v) is 3.66. The standard InChI is InChI=1S/C14H18O3/c1-4-17-14(15)7-5-6-12-9-8-11(2)13(10-12)16-3/h5,7-10H,4,6H2,1-3H3/b7-5+. The SMILES string of the molecule is CCOC(=O)/C=C/Cc1ccc(C)c(OC)c1. The van der Waals surface area contributed by atoms with Gasteiger partial charge < -0.3 is 9.47 Å². The van der Waals surface area contributed by atoms with E-state index in [0.29, 0.717) is 13.0 Å². The molecule has 0 spiro atoms. The van der Waals surface area contributed by atoms with Crippen LogP contribution in [0, 0.1) is 6.92 Å². The summed E-state index contributed by atoms with van der Waals surface area (Å²) in [6.45, 7) is 4.19. The molecule has 0 bridgehead atoms. The molecule has 0 aliphatic heterocycles. The maximum absolute atomic E-state index is 11.1. The van der Waals surface area contributed by atoms with Gasteiger partial charge in [0.1, 0.15) is 5.75 Å². The number of carbonyl (C=O) groups is 1. The summed E-state index contributed by atoms with van der Waals surface area (Å²) in [4.78, 5) is 11.1. The van der Waals surface area contributed by atoms with Crippen LogP contribution in [0.5, 0.6) is 5.75 Å². The molecule has 92 valence electrons. The van der Waals surface area contributed by atoms with Crippen LogP contribution in [0.4, 0.5) is 0 Å². The molecule has 0 fully saturated rings. The normalized spacial score (nSPS) is 10.5. The molecule has 0 amide bonds. The van der Waals surface area contributed by atoms with Gasteiger partial charge in [0.25, 0.3) is 0 Å². The van der Waals surface area contributed by atoms with Crippen LogP contribution in [0.1, 0.15) is 18.1 Å². The number of ether oxygens (including phenoxy) is 2. The van der Waals surface area contributed by atoms with Gasteiger partial charge in [-0.15, -0.1) is 0 Å². The van der Waals surface area contributed by atoms with Crippen molar-refractivity contribution in [3.8, 4) is 5.75 Å². The van der Waals surface area contributed by atoms with Crippen molar-refractivity contribution in [2.24, 2.45) is 0 Å². The number of carbonyl (C=O) groups excluding carboxylic acids is 1. The van der Waals surface area contributed by atoms with E-state index in [-0.39, 0.29) is 5.97 Å². The van der Waals surface area contributed by atoms with E-state index in [0.717, 1.165) is 16.9 Å². The van der Waals surface area contributed by atoms with Crippen molar-refractivity contribution in [3.63, 3.8) is 0 Å². The van der Waals surface area contributed by atoms with Crippen LogP contribution in [0.15, 0.2) is 30.4 Å². The van der Waals surface area contributed by atoms with Crippen molar-refractivity contribution in [3.05, 3.63) is 41.5 Å². The molecule has 0 atom stereocenters. The minimum atomic E-state index is -0.299. The highest BCUT2D eigenvalue weighted by Gasteiger charge is 1.99. The Morgan fingerprint density at radius 3 is 2.82 bits per heavy atom. The average Bonchev–Trinajstić information content (AvgIpc) is 2.31. The van der Waals surface area contributed by atoms with E-state index in [9.17, 15) is 4.79 Å². The molecule has 0 N–H and O–H groups in total. The fourth-order valence-corrected chi connectivity index (χ4v) is 1.47. The molecule has 0 heterocycles. The van der Waals surface area contributed by atoms with Gasteiger partial charge in [-0.1, -0.05) is 18.2 Å². The molecule has 1 aromatic rings. The number of hydrogen-bond donors (Lipinski definition) is 0. The van der Waals surface area contributed by atoms with Gasteiger partial charge in [0.2, 0.25) is 0 Å². The maximum atomic E-state index is 11.1. The fourth-order valence-electron chi connectivity index (χ4n) is 1.47. The Kier molecular flexibility index (Phi) is 5.27. The van der Waals surface area contributed by atoms with Crippen molar-refractivity contribution >= 4 is 5.97 Å². The molecule has 0 aliphatic rings. The molecule has 3 heteroatoms. The van der Waals surface area contributed by atoms with Crippen LogP contribution >= 0.6 is 0 Å². The van der Waals surface area contributed by atoms with Gasteiger partial charge in [0.05, 0.1) is 13.7 Å². The van der Waals surface area contributed by atoms with E-state index < -0.39 is 0 Å². The molecule has 0 saturated carbocycles. The van der Waals surface area contributed by atoms with Crippen LogP contribution in [0.25, 0.3) is 0 Å². The van der Waals surface area contributed by atoms with Crippen molar-refractivity contribution in [2.45, 2.75) is 20.3 Å². The third-order valence-electron chi connectivity index (χ3n) is 2.37. The summed E-state index contributed by atoms with van der Waals surface area (Å²) in [6.07, 6.45) is 3.94. The number of methoxy groups -OCH3 is 1. The lowest BCUT2D eigenvalue weighted by molar-refractivity contribution is -0.137. The number of allylic oxidation sites excluding steroid dienone is 1. The second-order valence-electron chi connectivity index (χ2n) is 3.66. The lowest BCUT2D eigenvalue weighted by Gasteiger charge is -2.05. The molecular formula is C14H18O3. The topological polar surface area (TPSA) is 35.5 Å². The minimum absolute atomic E-state index is 0.299. The predicted octanol–water partition coefficient (Wildman–Crippen LogP) is 2.67. The molecule has 0 radical (unpaired) electrons. The molecule has 0 aromatic heterocycles. The van der Waals surface area contributed by atoms with E-state index in [1.807, 2.05) is 25.1 Å². The van der Waals surface area contributed by atoms with Crippen LogP contribution in [-0.4, -0.2) is 19.7 Å². The van der Waals surface area contributed by atoms with Gasteiger partial charge in [-0.05, 0) is 37.5 Å². The maximum Gasteiger partial charge on any atom is 0.330 e. The van der Waals surface area contributed by atoms with Crippen molar-refractivity contribution < 1.29 is 14.3 Å². The van der Waals surface area contributed by atoms with E-state index in [2.05, 4.69) is 0 Å². The first kappa shape index (κ1) is 13.3. The summed E-state index contributed by atoms with van der Waals surface area (Å²) >= 11 is 0. The first-order valence-corrected chi connectivity index (χ1v) is 5.64. The molecule has 1 aromatic carbocycles. The Bertz CT molecular complexity index is 408. The number of hydrogen-bond acceptors (Lipinski definition) is 3. The quantitative estimate of drug-likeness (QED) is 0.580. The molecule has 3 nitrogen and oxygen atoms in total. The minimum Gasteiger partial charge on any atom is -0.496 e. The first-order valence-electron chi connectivity index (χ1n) is 5.64. The monoisotopic (exact) mass is 234 g/mol. The Hall–Kier alpha value is -1.77. The summed E-state index contributed by atoms with van der Waals surface area (Å²) < 4.78 is 10.0. The largest absolute Gasteiger partial charge is 0.496 e. The number of benzene rings is 1. The van der Waals surface area contributed by atoms with Crippen LogP contribution in [-0.2, 0) is 16.0 Å². The average molecular weight is 234 g/mol. The zero-order valence-corrected chi connectivity index (χ0v) is 10.5. The predicted molar refractivity (Wildman–Crippen MR) is 67.2 cm³/mol. The lowest BCUT2D eigenvalue weighted by atomic mass is 10.1. The number of rotatable bonds is 5. The third kappa shape index (κ3) is 4.31. The second kappa shape index (κ2) is 6.74. The summed E-state index contributed by atoms with van der Waals surface area (Å²) in [5.74, 6) is 0.568. The van der Waals surface area contributed by atoms with Crippen molar-refractivity contribution in [1.82, 2.24) is 0 Å². The smallest absolute Gasteiger partial charge is 0.330 e. The van der Waals surface area contributed by atoms with Crippen molar-refractivity contribution in [2.75, 3.05) is 13.7 Å². The van der Waals surface area contributed by atoms with Crippen LogP contribution in [0.3, 0.4) is 0 Å². The van der Waals surface area contributed by atoms with E-state index in [1.165, 1.54) is 6.08 Å².